The van der Waals surface area contributed by atoms with Gasteiger partial charge in [0.2, 0.25) is 5.95 Å². The third kappa shape index (κ3) is 3.02. The Morgan fingerprint density at radius 3 is 2.78 bits per heavy atom. The summed E-state index contributed by atoms with van der Waals surface area (Å²) in [7, 11) is 0. The summed E-state index contributed by atoms with van der Waals surface area (Å²) in [6, 6.07) is 4.49. The predicted octanol–water partition coefficient (Wildman–Crippen LogP) is 4.84. The topological polar surface area (TPSA) is 45.2 Å². The molecule has 0 radical (unpaired) electrons. The second-order valence-electron chi connectivity index (χ2n) is 6.99. The van der Waals surface area contributed by atoms with Gasteiger partial charge >= 0.3 is 12.2 Å². The van der Waals surface area contributed by atoms with Crippen LogP contribution in [0.5, 0.6) is 0 Å². The highest BCUT2D eigenvalue weighted by Gasteiger charge is 2.43. The summed E-state index contributed by atoms with van der Waals surface area (Å²) in [6.07, 6.45) is -1.35. The predicted molar refractivity (Wildman–Crippen MR) is 90.7 cm³/mol. The van der Waals surface area contributed by atoms with Crippen LogP contribution in [0.4, 0.5) is 28.0 Å². The summed E-state index contributed by atoms with van der Waals surface area (Å²) in [5, 5.41) is 2.58. The molecule has 2 amide bonds. The van der Waals surface area contributed by atoms with Gasteiger partial charge in [0.05, 0.1) is 11.6 Å². The molecule has 2 aromatic rings. The van der Waals surface area contributed by atoms with E-state index in [9.17, 15) is 22.4 Å². The lowest BCUT2D eigenvalue weighted by Crippen LogP contribution is -2.44. The Morgan fingerprint density at radius 2 is 2.04 bits per heavy atom. The molecule has 0 spiro atoms. The smallest absolute Gasteiger partial charge is 0.314 e. The van der Waals surface area contributed by atoms with Gasteiger partial charge < -0.3 is 10.2 Å². The van der Waals surface area contributed by atoms with Gasteiger partial charge in [0, 0.05) is 23.5 Å². The Hall–Kier alpha value is -2.64. The van der Waals surface area contributed by atoms with Gasteiger partial charge in [0.15, 0.2) is 0 Å². The molecule has 3 heterocycles. The molecule has 1 N–H and O–H groups in total. The first-order valence-electron chi connectivity index (χ1n) is 8.66. The first-order valence-corrected chi connectivity index (χ1v) is 8.66. The minimum Gasteiger partial charge on any atom is -0.314 e. The maximum atomic E-state index is 14.0. The van der Waals surface area contributed by atoms with Gasteiger partial charge in [-0.1, -0.05) is 6.07 Å². The number of nitrogens with zero attached hydrogens (tertiary/aromatic N) is 2. The Balaban J connectivity index is 1.60. The fourth-order valence-corrected chi connectivity index (χ4v) is 4.12. The molecule has 4 nitrogen and oxygen atoms in total. The monoisotopic (exact) mass is 379 g/mol. The number of benzene rings is 1. The molecule has 2 aliphatic heterocycles. The Labute approximate surface area is 153 Å². The third-order valence-electron chi connectivity index (χ3n) is 5.37. The lowest BCUT2D eigenvalue weighted by atomic mass is 9.95. The SMILES string of the molecule is Cc1ccc(NC(=O)N2C3CCC2c2ccnc(F)c2C3)cc1C(F)(F)F. The lowest BCUT2D eigenvalue weighted by Gasteiger charge is -2.36. The molecular weight excluding hydrogens is 362 g/mol. The number of halogens is 4. The van der Waals surface area contributed by atoms with Crippen LogP contribution in [0, 0.1) is 12.9 Å². The van der Waals surface area contributed by atoms with E-state index in [1.54, 1.807) is 11.0 Å². The average molecular weight is 379 g/mol. The van der Waals surface area contributed by atoms with Crippen LogP contribution in [0.1, 0.15) is 41.1 Å². The number of carbonyl (C=O) groups excluding carboxylic acids is 1. The van der Waals surface area contributed by atoms with Gasteiger partial charge in [0.25, 0.3) is 0 Å². The normalized spacial score (nSPS) is 21.1. The molecule has 27 heavy (non-hydrogen) atoms. The Bertz CT molecular complexity index is 912. The molecule has 0 aliphatic carbocycles. The van der Waals surface area contributed by atoms with E-state index < -0.39 is 23.7 Å². The molecule has 0 saturated carbocycles. The minimum absolute atomic E-state index is 0.0871. The van der Waals surface area contributed by atoms with Crippen molar-refractivity contribution in [2.24, 2.45) is 0 Å². The van der Waals surface area contributed by atoms with Crippen molar-refractivity contribution in [3.63, 3.8) is 0 Å². The first kappa shape index (κ1) is 17.8. The number of urea groups is 1. The molecule has 1 saturated heterocycles. The van der Waals surface area contributed by atoms with E-state index >= 15 is 0 Å². The molecule has 1 aromatic carbocycles. The Morgan fingerprint density at radius 1 is 1.26 bits per heavy atom. The van der Waals surface area contributed by atoms with Crippen LogP contribution in [0.3, 0.4) is 0 Å². The fraction of sp³-hybridized carbons (Fsp3) is 0.368. The number of alkyl halides is 3. The van der Waals surface area contributed by atoms with Crippen LogP contribution < -0.4 is 5.32 Å². The first-order chi connectivity index (χ1) is 12.8. The second-order valence-corrected chi connectivity index (χ2v) is 6.99. The number of rotatable bonds is 1. The van der Waals surface area contributed by atoms with E-state index in [0.717, 1.165) is 11.6 Å². The van der Waals surface area contributed by atoms with Crippen molar-refractivity contribution in [3.05, 3.63) is 58.7 Å². The van der Waals surface area contributed by atoms with Crippen molar-refractivity contribution < 1.29 is 22.4 Å². The van der Waals surface area contributed by atoms with Crippen LogP contribution in [-0.2, 0) is 12.6 Å². The Kier molecular flexibility index (Phi) is 4.09. The number of pyridine rings is 1. The molecule has 8 heteroatoms. The largest absolute Gasteiger partial charge is 0.416 e. The van der Waals surface area contributed by atoms with E-state index in [1.807, 2.05) is 0 Å². The van der Waals surface area contributed by atoms with Gasteiger partial charge in [-0.3, -0.25) is 0 Å². The number of amides is 2. The maximum Gasteiger partial charge on any atom is 0.416 e. The highest BCUT2D eigenvalue weighted by Crippen LogP contribution is 2.44. The van der Waals surface area contributed by atoms with Crippen molar-refractivity contribution >= 4 is 11.7 Å². The van der Waals surface area contributed by atoms with Gasteiger partial charge in [-0.15, -0.1) is 0 Å². The zero-order valence-electron chi connectivity index (χ0n) is 14.5. The fourth-order valence-electron chi connectivity index (χ4n) is 4.12. The van der Waals surface area contributed by atoms with Crippen LogP contribution in [0.15, 0.2) is 30.5 Å². The molecule has 2 aliphatic rings. The zero-order chi connectivity index (χ0) is 19.3. The molecule has 142 valence electrons. The number of hydrogen-bond acceptors (Lipinski definition) is 2. The number of fused-ring (bicyclic) bond motifs is 4. The molecular formula is C19H17F4N3O. The van der Waals surface area contributed by atoms with Gasteiger partial charge in [-0.25, -0.2) is 9.78 Å². The van der Waals surface area contributed by atoms with Crippen LogP contribution in [0.2, 0.25) is 0 Å². The molecule has 2 bridgehead atoms. The van der Waals surface area contributed by atoms with Crippen LogP contribution in [-0.4, -0.2) is 22.0 Å². The molecule has 4 rings (SSSR count). The summed E-state index contributed by atoms with van der Waals surface area (Å²) in [5.74, 6) is -0.516. The van der Waals surface area contributed by atoms with Crippen LogP contribution >= 0.6 is 0 Å². The summed E-state index contributed by atoms with van der Waals surface area (Å²) in [6.45, 7) is 1.37. The van der Waals surface area contributed by atoms with E-state index in [0.29, 0.717) is 24.8 Å². The quantitative estimate of drug-likeness (QED) is 0.569. The van der Waals surface area contributed by atoms with Crippen molar-refractivity contribution in [3.8, 4) is 0 Å². The number of hydrogen-bond donors (Lipinski definition) is 1. The van der Waals surface area contributed by atoms with E-state index in [2.05, 4.69) is 10.3 Å². The van der Waals surface area contributed by atoms with Crippen molar-refractivity contribution in [1.82, 2.24) is 9.88 Å². The number of carbonyl (C=O) groups is 1. The molecule has 2 atom stereocenters. The summed E-state index contributed by atoms with van der Waals surface area (Å²) in [4.78, 5) is 18.1. The lowest BCUT2D eigenvalue weighted by molar-refractivity contribution is -0.138. The highest BCUT2D eigenvalue weighted by molar-refractivity contribution is 5.90. The van der Waals surface area contributed by atoms with Crippen molar-refractivity contribution in [2.75, 3.05) is 5.32 Å². The highest BCUT2D eigenvalue weighted by atomic mass is 19.4. The standard InChI is InChI=1S/C19H17F4N3O/c1-10-2-3-11(8-15(10)19(21,22)23)25-18(27)26-12-4-5-16(26)13-6-7-24-17(20)14(13)9-12/h2-3,6-8,12,16H,4-5,9H2,1H3,(H,25,27). The van der Waals surface area contributed by atoms with Gasteiger partial charge in [-0.05, 0) is 55.5 Å². The van der Waals surface area contributed by atoms with Gasteiger partial charge in [-0.2, -0.15) is 17.6 Å². The van der Waals surface area contributed by atoms with Crippen molar-refractivity contribution in [1.29, 1.82) is 0 Å². The number of anilines is 1. The number of nitrogens with one attached hydrogen (secondary N) is 1. The van der Waals surface area contributed by atoms with Crippen molar-refractivity contribution in [2.45, 2.75) is 44.4 Å². The summed E-state index contributed by atoms with van der Waals surface area (Å²) < 4.78 is 53.3. The molecule has 1 fully saturated rings. The summed E-state index contributed by atoms with van der Waals surface area (Å²) in [5.41, 5.74) is 0.662. The van der Waals surface area contributed by atoms with Gasteiger partial charge in [0.1, 0.15) is 0 Å². The maximum absolute atomic E-state index is 14.0. The molecule has 1 aromatic heterocycles. The van der Waals surface area contributed by atoms with Crippen LogP contribution in [0.25, 0.3) is 0 Å². The zero-order valence-corrected chi connectivity index (χ0v) is 14.5. The number of aromatic nitrogens is 1. The molecule has 2 unspecified atom stereocenters. The third-order valence-corrected chi connectivity index (χ3v) is 5.37. The summed E-state index contributed by atoms with van der Waals surface area (Å²) >= 11 is 0. The second kappa shape index (κ2) is 6.21. The average Bonchev–Trinajstić information content (AvgIpc) is 2.92. The number of aryl methyl sites for hydroxylation is 1. The van der Waals surface area contributed by atoms with E-state index in [-0.39, 0.29) is 23.3 Å². The van der Waals surface area contributed by atoms with E-state index in [1.165, 1.54) is 25.3 Å². The van der Waals surface area contributed by atoms with E-state index in [4.69, 9.17) is 0 Å². The minimum atomic E-state index is -4.49.